The Labute approximate surface area is 432 Å². The van der Waals surface area contributed by atoms with Crippen molar-refractivity contribution in [2.24, 2.45) is 5.41 Å². The van der Waals surface area contributed by atoms with Crippen molar-refractivity contribution in [3.8, 4) is 5.75 Å². The van der Waals surface area contributed by atoms with Crippen molar-refractivity contribution < 1.29 is 66.5 Å². The van der Waals surface area contributed by atoms with Crippen molar-refractivity contribution in [2.75, 3.05) is 28.1 Å². The predicted molar refractivity (Wildman–Crippen MR) is 276 cm³/mol. The van der Waals surface area contributed by atoms with Crippen LogP contribution in [0.3, 0.4) is 0 Å². The average Bonchev–Trinajstić information content (AvgIpc) is 3.36. The SMILES string of the molecule is C=C1C[C@@H]2C[C@@H]3CC(=C)C[C@H](C=CC(C)(C)[C@]4(OC)O[C@@H](CC(=CC(=O)OC)[C@@H]4OC(=O)C=CC=CCCC)C[C@H]([C@@H](C)OCOCc4ccccc4)OC(=O)C[C@H](OCc4ccc(OC)cc4)C[C@H](C1)O2)O3. The standard InChI is InChI=1S/C59H78O14/c1-10-11-12-13-17-20-54(60)72-57-45(32-55(61)64-8)31-52-35-53(42(4)68-39-66-37-43-18-15-14-16-19-43)71-56(62)36-48(67-38-44-21-23-46(63-7)24-22-44)33-49-29-41(3)30-51(70-49)34-50-28-40(2)27-47(69-50)25-26-58(5,6)59(57,65-9)73-52/h12-26,32,42,47-53,57H,2-3,10-11,27-31,33-39H2,1,4-9H3/t42-,47+,48-,49+,50+,51-,52+,53-,57+,59-/m1/s1. The van der Waals surface area contributed by atoms with Gasteiger partial charge in [0.1, 0.15) is 18.6 Å². The Hall–Kier alpha value is -5.19. The molecule has 0 amide bonds. The zero-order valence-corrected chi connectivity index (χ0v) is 44.0. The summed E-state index contributed by atoms with van der Waals surface area (Å²) in [4.78, 5) is 41.6. The van der Waals surface area contributed by atoms with Gasteiger partial charge >= 0.3 is 17.9 Å². The lowest BCUT2D eigenvalue weighted by molar-refractivity contribution is -0.338. The number of benzene rings is 2. The van der Waals surface area contributed by atoms with E-state index in [-0.39, 0.29) is 57.1 Å². The van der Waals surface area contributed by atoms with Gasteiger partial charge < -0.3 is 52.1 Å². The number of carbonyl (C=O) groups is 3. The fourth-order valence-corrected chi connectivity index (χ4v) is 9.98. The summed E-state index contributed by atoms with van der Waals surface area (Å²) in [7, 11) is 4.38. The highest BCUT2D eigenvalue weighted by Crippen LogP contribution is 2.49. The van der Waals surface area contributed by atoms with Crippen LogP contribution in [0.25, 0.3) is 0 Å². The van der Waals surface area contributed by atoms with Crippen LogP contribution in [-0.2, 0) is 75.0 Å². The van der Waals surface area contributed by atoms with Crippen molar-refractivity contribution in [2.45, 2.75) is 172 Å². The maximum atomic E-state index is 14.5. The van der Waals surface area contributed by atoms with Crippen LogP contribution in [0.4, 0.5) is 0 Å². The maximum Gasteiger partial charge on any atom is 0.331 e. The second kappa shape index (κ2) is 27.9. The second-order valence-electron chi connectivity index (χ2n) is 20.1. The predicted octanol–water partition coefficient (Wildman–Crippen LogP) is 10.5. The number of esters is 3. The van der Waals surface area contributed by atoms with Gasteiger partial charge in [-0.05, 0) is 74.3 Å². The topological polar surface area (TPSA) is 153 Å². The molecule has 73 heavy (non-hydrogen) atoms. The molecule has 3 fully saturated rings. The molecule has 4 aliphatic rings. The first-order valence-corrected chi connectivity index (χ1v) is 25.7. The number of hydrogen-bond donors (Lipinski definition) is 0. The fraction of sp³-hybridized carbons (Fsp3) is 0.542. The van der Waals surface area contributed by atoms with Crippen LogP contribution in [0, 0.1) is 5.41 Å². The zero-order chi connectivity index (χ0) is 52.4. The van der Waals surface area contributed by atoms with Gasteiger partial charge in [0.15, 0.2) is 6.10 Å². The Morgan fingerprint density at radius 1 is 0.808 bits per heavy atom. The molecule has 398 valence electrons. The minimum absolute atomic E-state index is 0.0637. The van der Waals surface area contributed by atoms with Gasteiger partial charge in [0.2, 0.25) is 5.79 Å². The Morgan fingerprint density at radius 2 is 1.51 bits per heavy atom. The third kappa shape index (κ3) is 16.9. The van der Waals surface area contributed by atoms with E-state index in [2.05, 4.69) is 20.1 Å². The van der Waals surface area contributed by atoms with Crippen LogP contribution < -0.4 is 4.74 Å². The van der Waals surface area contributed by atoms with Crippen LogP contribution in [0.5, 0.6) is 5.75 Å². The van der Waals surface area contributed by atoms with E-state index >= 15 is 0 Å². The van der Waals surface area contributed by atoms with E-state index in [4.69, 9.17) is 52.1 Å². The number of methoxy groups -OCH3 is 3. The Balaban J connectivity index is 1.40. The van der Waals surface area contributed by atoms with Crippen molar-refractivity contribution in [3.63, 3.8) is 0 Å². The molecule has 0 aliphatic carbocycles. The smallest absolute Gasteiger partial charge is 0.331 e. The van der Waals surface area contributed by atoms with Crippen LogP contribution in [0.2, 0.25) is 0 Å². The molecule has 0 aromatic heterocycles. The minimum Gasteiger partial charge on any atom is -0.497 e. The van der Waals surface area contributed by atoms with Gasteiger partial charge in [-0.15, -0.1) is 0 Å². The Bertz CT molecular complexity index is 2250. The van der Waals surface area contributed by atoms with Gasteiger partial charge in [0.25, 0.3) is 0 Å². The molecule has 6 rings (SSSR count). The van der Waals surface area contributed by atoms with Gasteiger partial charge in [-0.1, -0.05) is 124 Å². The molecule has 4 aliphatic heterocycles. The summed E-state index contributed by atoms with van der Waals surface area (Å²) in [5, 5.41) is 0. The normalized spacial score (nSPS) is 29.1. The van der Waals surface area contributed by atoms with Crippen molar-refractivity contribution in [1.29, 1.82) is 0 Å². The third-order valence-corrected chi connectivity index (χ3v) is 13.8. The lowest BCUT2D eigenvalue weighted by atomic mass is 9.73. The van der Waals surface area contributed by atoms with Gasteiger partial charge in [0, 0.05) is 43.9 Å². The fourth-order valence-electron chi connectivity index (χ4n) is 9.98. The highest BCUT2D eigenvalue weighted by molar-refractivity contribution is 5.84. The number of hydrogen-bond acceptors (Lipinski definition) is 14. The quantitative estimate of drug-likeness (QED) is 0.0281. The number of unbranched alkanes of at least 4 members (excludes halogenated alkanes) is 1. The van der Waals surface area contributed by atoms with Gasteiger partial charge in [0.05, 0.1) is 76.6 Å². The molecular formula is C59H78O14. The van der Waals surface area contributed by atoms with Gasteiger partial charge in [-0.2, -0.15) is 0 Å². The summed E-state index contributed by atoms with van der Waals surface area (Å²) < 4.78 is 69.4. The second-order valence-corrected chi connectivity index (χ2v) is 20.1. The Morgan fingerprint density at radius 3 is 2.21 bits per heavy atom. The monoisotopic (exact) mass is 1010 g/mol. The lowest BCUT2D eigenvalue weighted by Crippen LogP contribution is -2.63. The summed E-state index contributed by atoms with van der Waals surface area (Å²) in [5.74, 6) is -2.92. The molecule has 4 heterocycles. The first kappa shape index (κ1) is 57.1. The zero-order valence-electron chi connectivity index (χ0n) is 44.0. The molecule has 0 spiro atoms. The van der Waals surface area contributed by atoms with Crippen molar-refractivity contribution in [1.82, 2.24) is 0 Å². The molecule has 0 N–H and O–H groups in total. The molecule has 0 radical (unpaired) electrons. The minimum atomic E-state index is -1.77. The summed E-state index contributed by atoms with van der Waals surface area (Å²) in [6.45, 7) is 17.0. The van der Waals surface area contributed by atoms with E-state index in [1.54, 1.807) is 19.3 Å². The van der Waals surface area contributed by atoms with Gasteiger partial charge in [-0.25, -0.2) is 9.59 Å². The van der Waals surface area contributed by atoms with Crippen LogP contribution in [0.15, 0.2) is 127 Å². The number of ether oxygens (including phenoxy) is 11. The summed E-state index contributed by atoms with van der Waals surface area (Å²) in [6, 6.07) is 17.3. The molecule has 6 bridgehead atoms. The number of rotatable bonds is 17. The molecule has 14 heteroatoms. The van der Waals surface area contributed by atoms with Crippen molar-refractivity contribution >= 4 is 17.9 Å². The van der Waals surface area contributed by atoms with E-state index in [9.17, 15) is 14.4 Å². The first-order chi connectivity index (χ1) is 35.1. The number of allylic oxidation sites excluding steroid dienone is 3. The van der Waals surface area contributed by atoms with E-state index in [0.717, 1.165) is 40.9 Å². The van der Waals surface area contributed by atoms with Crippen molar-refractivity contribution in [3.05, 3.63) is 138 Å². The van der Waals surface area contributed by atoms with Crippen LogP contribution in [0.1, 0.15) is 109 Å². The average molecular weight is 1010 g/mol. The summed E-state index contributed by atoms with van der Waals surface area (Å²) in [5.41, 5.74) is 3.25. The number of cyclic esters (lactones) is 1. The highest BCUT2D eigenvalue weighted by Gasteiger charge is 2.59. The number of fused-ring (bicyclic) bond motifs is 6. The molecule has 3 saturated heterocycles. The van der Waals surface area contributed by atoms with Crippen LogP contribution in [-0.4, -0.2) is 107 Å². The maximum absolute atomic E-state index is 14.5. The third-order valence-electron chi connectivity index (χ3n) is 13.8. The Kier molecular flexibility index (Phi) is 21.8. The molecule has 2 aromatic carbocycles. The molecule has 2 aromatic rings. The lowest BCUT2D eigenvalue weighted by Gasteiger charge is -2.53. The molecule has 0 unspecified atom stereocenters. The first-order valence-electron chi connectivity index (χ1n) is 25.7. The van der Waals surface area contributed by atoms with E-state index in [0.29, 0.717) is 50.7 Å². The van der Waals surface area contributed by atoms with Gasteiger partial charge in [-0.3, -0.25) is 4.79 Å². The van der Waals surface area contributed by atoms with E-state index in [1.807, 2.05) is 93.6 Å². The summed E-state index contributed by atoms with van der Waals surface area (Å²) in [6.07, 6.45) is 11.9. The van der Waals surface area contributed by atoms with Crippen LogP contribution >= 0.6 is 0 Å². The molecular weight excluding hydrogens is 933 g/mol. The van der Waals surface area contributed by atoms with E-state index < -0.39 is 59.6 Å². The molecule has 14 nitrogen and oxygen atoms in total. The number of carbonyl (C=O) groups excluding carboxylic acids is 3. The molecule has 10 atom stereocenters. The largest absolute Gasteiger partial charge is 0.497 e. The van der Waals surface area contributed by atoms with E-state index in [1.165, 1.54) is 26.4 Å². The summed E-state index contributed by atoms with van der Waals surface area (Å²) >= 11 is 0. The highest BCUT2D eigenvalue weighted by atomic mass is 16.7. The molecule has 0 saturated carbocycles.